The summed E-state index contributed by atoms with van der Waals surface area (Å²) in [6.07, 6.45) is -0.631. The fourth-order valence-corrected chi connectivity index (χ4v) is 2.74. The third-order valence-corrected chi connectivity index (χ3v) is 4.08. The predicted octanol–water partition coefficient (Wildman–Crippen LogP) is 2.28. The first-order valence-electron chi connectivity index (χ1n) is 6.61. The van der Waals surface area contributed by atoms with Gasteiger partial charge in [0.05, 0.1) is 15.3 Å². The minimum absolute atomic E-state index is 0.205. The normalized spacial score (nSPS) is 12.1. The lowest BCUT2D eigenvalue weighted by atomic mass is 10.2. The standard InChI is InChI=1S/C15H17ClN2O2S/c16-14-7-6-13(21-14)15(20)18-10-12(19)9-17-8-11-4-2-1-3-5-11/h1-7,12,17,19H,8-10H2,(H,18,20). The topological polar surface area (TPSA) is 61.4 Å². The van der Waals surface area contributed by atoms with Gasteiger partial charge in [-0.25, -0.2) is 0 Å². The molecule has 112 valence electrons. The number of aliphatic hydroxyl groups is 1. The highest BCUT2D eigenvalue weighted by Crippen LogP contribution is 2.20. The Morgan fingerprint density at radius 2 is 1.95 bits per heavy atom. The summed E-state index contributed by atoms with van der Waals surface area (Å²) in [7, 11) is 0. The van der Waals surface area contributed by atoms with Gasteiger partial charge in [-0.15, -0.1) is 11.3 Å². The molecular formula is C15H17ClN2O2S. The monoisotopic (exact) mass is 324 g/mol. The molecule has 4 nitrogen and oxygen atoms in total. The van der Waals surface area contributed by atoms with Crippen molar-refractivity contribution in [2.45, 2.75) is 12.6 Å². The summed E-state index contributed by atoms with van der Waals surface area (Å²) >= 11 is 6.99. The van der Waals surface area contributed by atoms with Crippen molar-refractivity contribution in [3.05, 3.63) is 57.2 Å². The van der Waals surface area contributed by atoms with Gasteiger partial charge in [0.25, 0.3) is 5.91 Å². The predicted molar refractivity (Wildman–Crippen MR) is 85.8 cm³/mol. The Kier molecular flexibility index (Phi) is 6.20. The maximum Gasteiger partial charge on any atom is 0.261 e. The average Bonchev–Trinajstić information content (AvgIpc) is 2.92. The van der Waals surface area contributed by atoms with Gasteiger partial charge in [-0.05, 0) is 17.7 Å². The van der Waals surface area contributed by atoms with Crippen LogP contribution in [-0.4, -0.2) is 30.2 Å². The number of hydrogen-bond donors (Lipinski definition) is 3. The molecule has 1 aromatic carbocycles. The fourth-order valence-electron chi connectivity index (χ4n) is 1.79. The molecule has 0 spiro atoms. The molecule has 2 rings (SSSR count). The number of aliphatic hydroxyl groups excluding tert-OH is 1. The van der Waals surface area contributed by atoms with E-state index >= 15 is 0 Å². The molecule has 0 bridgehead atoms. The molecule has 0 aliphatic carbocycles. The highest BCUT2D eigenvalue weighted by atomic mass is 35.5. The van der Waals surface area contributed by atoms with Crippen LogP contribution < -0.4 is 10.6 Å². The van der Waals surface area contributed by atoms with E-state index in [1.807, 2.05) is 30.3 Å². The van der Waals surface area contributed by atoms with Gasteiger partial charge < -0.3 is 15.7 Å². The number of carbonyl (C=O) groups is 1. The van der Waals surface area contributed by atoms with E-state index in [1.54, 1.807) is 12.1 Å². The highest BCUT2D eigenvalue weighted by Gasteiger charge is 2.10. The molecule has 0 aliphatic heterocycles. The van der Waals surface area contributed by atoms with Crippen LogP contribution in [0.1, 0.15) is 15.2 Å². The van der Waals surface area contributed by atoms with Gasteiger partial charge in [-0.1, -0.05) is 41.9 Å². The van der Waals surface area contributed by atoms with Crippen LogP contribution in [0.4, 0.5) is 0 Å². The minimum atomic E-state index is -0.631. The van der Waals surface area contributed by atoms with Crippen LogP contribution in [0.3, 0.4) is 0 Å². The quantitative estimate of drug-likeness (QED) is 0.732. The fraction of sp³-hybridized carbons (Fsp3) is 0.267. The van der Waals surface area contributed by atoms with Crippen LogP contribution in [0, 0.1) is 0 Å². The van der Waals surface area contributed by atoms with Gasteiger partial charge >= 0.3 is 0 Å². The maximum atomic E-state index is 11.8. The van der Waals surface area contributed by atoms with Crippen molar-refractivity contribution in [1.29, 1.82) is 0 Å². The van der Waals surface area contributed by atoms with Gasteiger partial charge in [0.1, 0.15) is 0 Å². The summed E-state index contributed by atoms with van der Waals surface area (Å²) in [4.78, 5) is 12.3. The van der Waals surface area contributed by atoms with Crippen molar-refractivity contribution in [1.82, 2.24) is 10.6 Å². The highest BCUT2D eigenvalue weighted by molar-refractivity contribution is 7.17. The molecule has 1 unspecified atom stereocenters. The van der Waals surface area contributed by atoms with Crippen LogP contribution in [-0.2, 0) is 6.54 Å². The second-order valence-corrected chi connectivity index (χ2v) is 6.30. The second-order valence-electron chi connectivity index (χ2n) is 4.58. The van der Waals surface area contributed by atoms with Crippen LogP contribution in [0.15, 0.2) is 42.5 Å². The molecule has 1 aromatic heterocycles. The van der Waals surface area contributed by atoms with Crippen molar-refractivity contribution < 1.29 is 9.90 Å². The number of benzene rings is 1. The lowest BCUT2D eigenvalue weighted by molar-refractivity contribution is 0.0919. The summed E-state index contributed by atoms with van der Waals surface area (Å²) in [6.45, 7) is 1.31. The van der Waals surface area contributed by atoms with Crippen molar-refractivity contribution >= 4 is 28.8 Å². The number of nitrogens with one attached hydrogen (secondary N) is 2. The van der Waals surface area contributed by atoms with Crippen LogP contribution in [0.2, 0.25) is 4.34 Å². The first kappa shape index (κ1) is 16.0. The number of thiophene rings is 1. The molecule has 6 heteroatoms. The average molecular weight is 325 g/mol. The molecule has 2 aromatic rings. The van der Waals surface area contributed by atoms with Gasteiger partial charge in [0.2, 0.25) is 0 Å². The third kappa shape index (κ3) is 5.47. The Morgan fingerprint density at radius 1 is 1.19 bits per heavy atom. The van der Waals surface area contributed by atoms with E-state index < -0.39 is 6.10 Å². The lowest BCUT2D eigenvalue weighted by Gasteiger charge is -2.12. The molecule has 0 fully saturated rings. The summed E-state index contributed by atoms with van der Waals surface area (Å²) in [5.74, 6) is -0.214. The van der Waals surface area contributed by atoms with Crippen molar-refractivity contribution in [2.75, 3.05) is 13.1 Å². The van der Waals surface area contributed by atoms with E-state index in [9.17, 15) is 9.90 Å². The molecule has 3 N–H and O–H groups in total. The smallest absolute Gasteiger partial charge is 0.261 e. The van der Waals surface area contributed by atoms with E-state index in [4.69, 9.17) is 11.6 Å². The van der Waals surface area contributed by atoms with Crippen LogP contribution in [0.25, 0.3) is 0 Å². The number of halogens is 1. The molecule has 21 heavy (non-hydrogen) atoms. The van der Waals surface area contributed by atoms with Gasteiger partial charge in [-0.2, -0.15) is 0 Å². The van der Waals surface area contributed by atoms with E-state index in [-0.39, 0.29) is 12.5 Å². The van der Waals surface area contributed by atoms with Gasteiger partial charge in [-0.3, -0.25) is 4.79 Å². The third-order valence-electron chi connectivity index (χ3n) is 2.85. The molecule has 0 saturated carbocycles. The zero-order valence-electron chi connectivity index (χ0n) is 11.4. The van der Waals surface area contributed by atoms with Gasteiger partial charge in [0, 0.05) is 19.6 Å². The lowest BCUT2D eigenvalue weighted by Crippen LogP contribution is -2.37. The number of carbonyl (C=O) groups excluding carboxylic acids is 1. The van der Waals surface area contributed by atoms with E-state index in [0.717, 1.165) is 5.56 Å². The largest absolute Gasteiger partial charge is 0.390 e. The molecule has 1 amide bonds. The Labute approximate surface area is 132 Å². The molecule has 1 atom stereocenters. The molecular weight excluding hydrogens is 308 g/mol. The maximum absolute atomic E-state index is 11.8. The first-order chi connectivity index (χ1) is 10.1. The molecule has 0 radical (unpaired) electrons. The van der Waals surface area contributed by atoms with Crippen LogP contribution >= 0.6 is 22.9 Å². The SMILES string of the molecule is O=C(NCC(O)CNCc1ccccc1)c1ccc(Cl)s1. The molecule has 0 aliphatic rings. The van der Waals surface area contributed by atoms with Crippen molar-refractivity contribution in [2.24, 2.45) is 0 Å². The van der Waals surface area contributed by atoms with Crippen LogP contribution in [0.5, 0.6) is 0 Å². The number of rotatable bonds is 7. The zero-order valence-corrected chi connectivity index (χ0v) is 13.0. The summed E-state index contributed by atoms with van der Waals surface area (Å²) in [5, 5.41) is 15.7. The summed E-state index contributed by atoms with van der Waals surface area (Å²) in [6, 6.07) is 13.3. The Morgan fingerprint density at radius 3 is 2.62 bits per heavy atom. The summed E-state index contributed by atoms with van der Waals surface area (Å²) < 4.78 is 0.574. The molecule has 0 saturated heterocycles. The first-order valence-corrected chi connectivity index (χ1v) is 7.81. The van der Waals surface area contributed by atoms with E-state index in [0.29, 0.717) is 22.3 Å². The van der Waals surface area contributed by atoms with Gasteiger partial charge in [0.15, 0.2) is 0 Å². The molecule has 1 heterocycles. The minimum Gasteiger partial charge on any atom is -0.390 e. The van der Waals surface area contributed by atoms with Crippen molar-refractivity contribution in [3.63, 3.8) is 0 Å². The Hall–Kier alpha value is -1.40. The van der Waals surface area contributed by atoms with E-state index in [1.165, 1.54) is 11.3 Å². The summed E-state index contributed by atoms with van der Waals surface area (Å²) in [5.41, 5.74) is 1.15. The Bertz CT molecular complexity index is 574. The zero-order chi connectivity index (χ0) is 15.1. The Balaban J connectivity index is 1.65. The number of hydrogen-bond acceptors (Lipinski definition) is 4. The van der Waals surface area contributed by atoms with Crippen molar-refractivity contribution in [3.8, 4) is 0 Å². The number of amides is 1. The second kappa shape index (κ2) is 8.14. The van der Waals surface area contributed by atoms with E-state index in [2.05, 4.69) is 10.6 Å².